The number of nitrogens with one attached hydrogen (secondary N) is 1. The molecule has 0 aliphatic heterocycles. The minimum atomic E-state index is -1.07. The van der Waals surface area contributed by atoms with E-state index in [1.165, 1.54) is 13.3 Å². The summed E-state index contributed by atoms with van der Waals surface area (Å²) in [4.78, 5) is 10.5. The molecule has 4 N–H and O–H groups in total. The van der Waals surface area contributed by atoms with Gasteiger partial charge in [-0.2, -0.15) is 5.10 Å². The van der Waals surface area contributed by atoms with Crippen molar-refractivity contribution in [2.24, 2.45) is 10.8 Å². The zero-order valence-electron chi connectivity index (χ0n) is 10.4. The number of carboxylic acid groups (broad SMARTS) is 1. The smallest absolute Gasteiger partial charge is 0.341 e. The van der Waals surface area contributed by atoms with Crippen molar-refractivity contribution in [3.63, 3.8) is 0 Å². The van der Waals surface area contributed by atoms with Crippen molar-refractivity contribution in [3.05, 3.63) is 22.2 Å². The summed E-state index contributed by atoms with van der Waals surface area (Å²) in [5.74, 6) is -0.387. The van der Waals surface area contributed by atoms with Gasteiger partial charge in [0.15, 0.2) is 23.2 Å². The molecule has 0 heterocycles. The van der Waals surface area contributed by atoms with E-state index in [1.807, 2.05) is 0 Å². The summed E-state index contributed by atoms with van der Waals surface area (Å²) < 4.78 is 10.9. The van der Waals surface area contributed by atoms with Crippen molar-refractivity contribution in [1.82, 2.24) is 5.43 Å². The third-order valence-corrected chi connectivity index (χ3v) is 2.79. The lowest BCUT2D eigenvalue weighted by Gasteiger charge is -2.11. The van der Waals surface area contributed by atoms with Crippen molar-refractivity contribution in [3.8, 4) is 11.5 Å². The van der Waals surface area contributed by atoms with E-state index >= 15 is 0 Å². The number of nitrogens with two attached hydrogens (primary N) is 1. The molecule has 1 aromatic carbocycles. The summed E-state index contributed by atoms with van der Waals surface area (Å²) in [7, 11) is 1.45. The Morgan fingerprint density at radius 3 is 2.85 bits per heavy atom. The highest BCUT2D eigenvalue weighted by Crippen LogP contribution is 2.32. The van der Waals surface area contributed by atoms with Crippen LogP contribution in [0.15, 0.2) is 21.7 Å². The number of carboxylic acids is 1. The van der Waals surface area contributed by atoms with Gasteiger partial charge in [0.1, 0.15) is 0 Å². The predicted molar refractivity (Wildman–Crippen MR) is 81.3 cm³/mol. The Morgan fingerprint density at radius 2 is 2.30 bits per heavy atom. The molecule has 0 aliphatic rings. The molecule has 0 atom stereocenters. The number of aliphatic carboxylic acids is 1. The first kappa shape index (κ1) is 16.2. The van der Waals surface area contributed by atoms with Crippen molar-refractivity contribution in [2.75, 3.05) is 13.7 Å². The number of rotatable bonds is 6. The number of thiocarbonyl (C=S) groups is 1. The fraction of sp³-hybridized carbons (Fsp3) is 0.182. The number of hydrazone groups is 1. The number of methoxy groups -OCH3 is 1. The highest BCUT2D eigenvalue weighted by molar-refractivity contribution is 9.10. The van der Waals surface area contributed by atoms with Gasteiger partial charge in [-0.3, -0.25) is 5.43 Å². The summed E-state index contributed by atoms with van der Waals surface area (Å²) in [5.41, 5.74) is 8.33. The number of carbonyl (C=O) groups is 1. The Hall–Kier alpha value is -1.87. The maximum atomic E-state index is 10.5. The van der Waals surface area contributed by atoms with Crippen LogP contribution in [0.4, 0.5) is 0 Å². The van der Waals surface area contributed by atoms with Crippen molar-refractivity contribution in [1.29, 1.82) is 0 Å². The SMILES string of the molecule is COc1cc(C=NNC(N)=S)c(Br)cc1OCC(=O)O. The summed E-state index contributed by atoms with van der Waals surface area (Å²) in [6.45, 7) is -0.459. The standard InChI is InChI=1S/C11H12BrN3O4S/c1-18-8-2-6(4-14-15-11(13)20)7(12)3-9(8)19-5-10(16)17/h2-4H,5H2,1H3,(H,16,17)(H3,13,15,20). The maximum absolute atomic E-state index is 10.5. The van der Waals surface area contributed by atoms with Gasteiger partial charge in [-0.1, -0.05) is 0 Å². The Labute approximate surface area is 128 Å². The van der Waals surface area contributed by atoms with Crippen LogP contribution in [0.1, 0.15) is 5.56 Å². The number of hydrogen-bond acceptors (Lipinski definition) is 5. The molecule has 0 unspecified atom stereocenters. The van der Waals surface area contributed by atoms with Gasteiger partial charge in [0.25, 0.3) is 0 Å². The number of halogens is 1. The van der Waals surface area contributed by atoms with Crippen molar-refractivity contribution >= 4 is 45.4 Å². The Kier molecular flexibility index (Phi) is 6.19. The molecule has 9 heteroatoms. The van der Waals surface area contributed by atoms with Crippen LogP contribution in [0.5, 0.6) is 11.5 Å². The monoisotopic (exact) mass is 361 g/mol. The van der Waals surface area contributed by atoms with Crippen molar-refractivity contribution in [2.45, 2.75) is 0 Å². The summed E-state index contributed by atoms with van der Waals surface area (Å²) in [6, 6.07) is 3.22. The second-order valence-electron chi connectivity index (χ2n) is 3.44. The lowest BCUT2D eigenvalue weighted by atomic mass is 10.2. The van der Waals surface area contributed by atoms with E-state index in [4.69, 9.17) is 20.3 Å². The van der Waals surface area contributed by atoms with E-state index in [0.717, 1.165) is 0 Å². The molecule has 0 aromatic heterocycles. The molecule has 0 amide bonds. The zero-order chi connectivity index (χ0) is 15.1. The molecule has 0 saturated carbocycles. The normalized spacial score (nSPS) is 10.3. The van der Waals surface area contributed by atoms with Crippen LogP contribution in [0.2, 0.25) is 0 Å². The van der Waals surface area contributed by atoms with Crippen LogP contribution in [-0.2, 0) is 4.79 Å². The topological polar surface area (TPSA) is 106 Å². The van der Waals surface area contributed by atoms with Crippen molar-refractivity contribution < 1.29 is 19.4 Å². The molecule has 1 rings (SSSR count). The van der Waals surface area contributed by atoms with E-state index in [-0.39, 0.29) is 5.11 Å². The molecule has 0 saturated heterocycles. The molecule has 20 heavy (non-hydrogen) atoms. The second kappa shape index (κ2) is 7.65. The molecule has 7 nitrogen and oxygen atoms in total. The molecule has 0 spiro atoms. The first-order valence-electron chi connectivity index (χ1n) is 5.24. The summed E-state index contributed by atoms with van der Waals surface area (Å²) in [5, 5.41) is 12.5. The van der Waals surface area contributed by atoms with Crippen LogP contribution in [0, 0.1) is 0 Å². The Morgan fingerprint density at radius 1 is 1.60 bits per heavy atom. The molecule has 108 valence electrons. The van der Waals surface area contributed by atoms with Gasteiger partial charge < -0.3 is 20.3 Å². The Balaban J connectivity index is 2.97. The molecule has 0 bridgehead atoms. The lowest BCUT2D eigenvalue weighted by molar-refractivity contribution is -0.139. The van der Waals surface area contributed by atoms with E-state index in [2.05, 4.69) is 38.7 Å². The molecule has 1 aromatic rings. The van der Waals surface area contributed by atoms with Crippen LogP contribution in [0.25, 0.3) is 0 Å². The predicted octanol–water partition coefficient (Wildman–Crippen LogP) is 1.09. The van der Waals surface area contributed by atoms with Gasteiger partial charge in [0.2, 0.25) is 0 Å². The highest BCUT2D eigenvalue weighted by atomic mass is 79.9. The van der Waals surface area contributed by atoms with Gasteiger partial charge in [0, 0.05) is 10.0 Å². The fourth-order valence-electron chi connectivity index (χ4n) is 1.23. The second-order valence-corrected chi connectivity index (χ2v) is 4.74. The van der Waals surface area contributed by atoms with Crippen LogP contribution in [-0.4, -0.2) is 36.1 Å². The lowest BCUT2D eigenvalue weighted by Crippen LogP contribution is -2.24. The average molecular weight is 362 g/mol. The van der Waals surface area contributed by atoms with Crippen LogP contribution in [0.3, 0.4) is 0 Å². The maximum Gasteiger partial charge on any atom is 0.341 e. The zero-order valence-corrected chi connectivity index (χ0v) is 12.8. The largest absolute Gasteiger partial charge is 0.493 e. The molecule has 0 aliphatic carbocycles. The first-order valence-corrected chi connectivity index (χ1v) is 6.44. The quantitative estimate of drug-likeness (QED) is 0.395. The number of hydrogen-bond donors (Lipinski definition) is 3. The minimum absolute atomic E-state index is 0.0470. The number of benzene rings is 1. The van der Waals surface area contributed by atoms with Gasteiger partial charge in [-0.05, 0) is 40.3 Å². The number of nitrogens with zero attached hydrogens (tertiary/aromatic N) is 1. The van der Waals surface area contributed by atoms with Gasteiger partial charge in [-0.15, -0.1) is 0 Å². The van der Waals surface area contributed by atoms with Gasteiger partial charge >= 0.3 is 5.97 Å². The molecule has 0 fully saturated rings. The van der Waals surface area contributed by atoms with Gasteiger partial charge in [0.05, 0.1) is 13.3 Å². The van der Waals surface area contributed by atoms with Gasteiger partial charge in [-0.25, -0.2) is 4.79 Å². The molecule has 0 radical (unpaired) electrons. The summed E-state index contributed by atoms with van der Waals surface area (Å²) in [6.07, 6.45) is 1.48. The van der Waals surface area contributed by atoms with E-state index < -0.39 is 12.6 Å². The van der Waals surface area contributed by atoms with E-state index in [9.17, 15) is 4.79 Å². The third kappa shape index (κ3) is 5.02. The van der Waals surface area contributed by atoms with E-state index in [0.29, 0.717) is 21.5 Å². The van der Waals surface area contributed by atoms with Crippen LogP contribution >= 0.6 is 28.1 Å². The average Bonchev–Trinajstić information content (AvgIpc) is 2.37. The highest BCUT2D eigenvalue weighted by Gasteiger charge is 2.10. The Bertz CT molecular complexity index is 551. The van der Waals surface area contributed by atoms with E-state index in [1.54, 1.807) is 12.1 Å². The minimum Gasteiger partial charge on any atom is -0.493 e. The fourth-order valence-corrected chi connectivity index (χ4v) is 1.70. The van der Waals surface area contributed by atoms with Crippen LogP contribution < -0.4 is 20.6 Å². The number of ether oxygens (including phenoxy) is 2. The molecular weight excluding hydrogens is 350 g/mol. The molecular formula is C11H12BrN3O4S. The third-order valence-electron chi connectivity index (χ3n) is 2.01. The first-order chi connectivity index (χ1) is 9.43. The summed E-state index contributed by atoms with van der Waals surface area (Å²) >= 11 is 7.93.